The summed E-state index contributed by atoms with van der Waals surface area (Å²) in [7, 11) is 1.69. The van der Waals surface area contributed by atoms with E-state index in [1.54, 1.807) is 7.11 Å². The Morgan fingerprint density at radius 3 is 2.50 bits per heavy atom. The Hall–Kier alpha value is -1.22. The van der Waals surface area contributed by atoms with Crippen LogP contribution >= 0.6 is 0 Å². The summed E-state index contributed by atoms with van der Waals surface area (Å²) in [6.07, 6.45) is 1.15. The van der Waals surface area contributed by atoms with E-state index in [1.807, 2.05) is 12.1 Å². The van der Waals surface area contributed by atoms with E-state index in [0.717, 1.165) is 24.4 Å². The van der Waals surface area contributed by atoms with E-state index in [9.17, 15) is 0 Å². The molecule has 1 heterocycles. The molecular weight excluding hydrogens is 200 g/mol. The summed E-state index contributed by atoms with van der Waals surface area (Å²) < 4.78 is 5.13. The van der Waals surface area contributed by atoms with Gasteiger partial charge in [-0.3, -0.25) is 0 Å². The van der Waals surface area contributed by atoms with Crippen molar-refractivity contribution in [1.82, 2.24) is 5.32 Å². The van der Waals surface area contributed by atoms with Crippen molar-refractivity contribution in [2.45, 2.75) is 31.8 Å². The van der Waals surface area contributed by atoms with Crippen LogP contribution < -0.4 is 15.4 Å². The van der Waals surface area contributed by atoms with Gasteiger partial charge in [-0.1, -0.05) is 0 Å². The molecule has 0 radical (unpaired) electrons. The van der Waals surface area contributed by atoms with Gasteiger partial charge < -0.3 is 15.4 Å². The van der Waals surface area contributed by atoms with Crippen molar-refractivity contribution >= 4 is 5.69 Å². The van der Waals surface area contributed by atoms with E-state index in [-0.39, 0.29) is 5.54 Å². The van der Waals surface area contributed by atoms with Gasteiger partial charge in [0.25, 0.3) is 0 Å². The number of nitrogens with one attached hydrogen (secondary N) is 2. The van der Waals surface area contributed by atoms with Crippen molar-refractivity contribution in [3.05, 3.63) is 24.3 Å². The SMILES string of the molecule is COc1ccc(NC2CNC(C)(C)C2)cc1. The van der Waals surface area contributed by atoms with E-state index in [2.05, 4.69) is 36.6 Å². The minimum Gasteiger partial charge on any atom is -0.497 e. The highest BCUT2D eigenvalue weighted by Gasteiger charge is 2.29. The van der Waals surface area contributed by atoms with Crippen LogP contribution in [0.5, 0.6) is 5.75 Å². The lowest BCUT2D eigenvalue weighted by Crippen LogP contribution is -2.31. The molecule has 2 rings (SSSR count). The molecule has 1 unspecified atom stereocenters. The Labute approximate surface area is 97.2 Å². The van der Waals surface area contributed by atoms with E-state index >= 15 is 0 Å². The Kier molecular flexibility index (Phi) is 3.06. The van der Waals surface area contributed by atoms with Crippen molar-refractivity contribution < 1.29 is 4.74 Å². The number of anilines is 1. The summed E-state index contributed by atoms with van der Waals surface area (Å²) in [4.78, 5) is 0. The van der Waals surface area contributed by atoms with E-state index < -0.39 is 0 Å². The van der Waals surface area contributed by atoms with E-state index in [0.29, 0.717) is 6.04 Å². The first-order valence-electron chi connectivity index (χ1n) is 5.75. The monoisotopic (exact) mass is 220 g/mol. The number of hydrogen-bond donors (Lipinski definition) is 2. The Balaban J connectivity index is 1.94. The first-order chi connectivity index (χ1) is 7.59. The Bertz CT molecular complexity index is 345. The second-order valence-corrected chi connectivity index (χ2v) is 5.04. The largest absolute Gasteiger partial charge is 0.497 e. The second-order valence-electron chi connectivity index (χ2n) is 5.04. The van der Waals surface area contributed by atoms with Gasteiger partial charge in [0, 0.05) is 23.8 Å². The summed E-state index contributed by atoms with van der Waals surface area (Å²) in [6.45, 7) is 5.50. The van der Waals surface area contributed by atoms with E-state index in [4.69, 9.17) is 4.74 Å². The van der Waals surface area contributed by atoms with Gasteiger partial charge in [0.05, 0.1) is 7.11 Å². The molecule has 0 spiro atoms. The molecule has 1 atom stereocenters. The van der Waals surface area contributed by atoms with Crippen LogP contribution in [0.2, 0.25) is 0 Å². The summed E-state index contributed by atoms with van der Waals surface area (Å²) in [5.41, 5.74) is 1.41. The van der Waals surface area contributed by atoms with Crippen LogP contribution in [0.3, 0.4) is 0 Å². The fraction of sp³-hybridized carbons (Fsp3) is 0.538. The zero-order valence-corrected chi connectivity index (χ0v) is 10.2. The summed E-state index contributed by atoms with van der Waals surface area (Å²) in [5, 5.41) is 7.03. The molecule has 0 bridgehead atoms. The normalized spacial score (nSPS) is 23.1. The van der Waals surface area contributed by atoms with Crippen molar-refractivity contribution in [2.24, 2.45) is 0 Å². The van der Waals surface area contributed by atoms with Crippen LogP contribution in [0.4, 0.5) is 5.69 Å². The maximum absolute atomic E-state index is 5.13. The van der Waals surface area contributed by atoms with Crippen molar-refractivity contribution in [1.29, 1.82) is 0 Å². The predicted molar refractivity (Wildman–Crippen MR) is 67.1 cm³/mol. The van der Waals surface area contributed by atoms with Crippen molar-refractivity contribution in [3.8, 4) is 5.75 Å². The Morgan fingerprint density at radius 1 is 1.31 bits per heavy atom. The van der Waals surface area contributed by atoms with Crippen LogP contribution in [-0.4, -0.2) is 25.2 Å². The molecule has 16 heavy (non-hydrogen) atoms. The zero-order valence-electron chi connectivity index (χ0n) is 10.2. The van der Waals surface area contributed by atoms with Gasteiger partial charge in [-0.15, -0.1) is 0 Å². The third kappa shape index (κ3) is 2.67. The second kappa shape index (κ2) is 4.34. The molecule has 1 aliphatic rings. The molecule has 1 saturated heterocycles. The molecule has 3 heteroatoms. The highest BCUT2D eigenvalue weighted by molar-refractivity contribution is 5.47. The van der Waals surface area contributed by atoms with Crippen LogP contribution in [0, 0.1) is 0 Å². The highest BCUT2D eigenvalue weighted by Crippen LogP contribution is 2.22. The van der Waals surface area contributed by atoms with E-state index in [1.165, 1.54) is 0 Å². The number of ether oxygens (including phenoxy) is 1. The molecule has 2 N–H and O–H groups in total. The summed E-state index contributed by atoms with van der Waals surface area (Å²) in [6, 6.07) is 8.60. The van der Waals surface area contributed by atoms with Gasteiger partial charge in [-0.2, -0.15) is 0 Å². The summed E-state index contributed by atoms with van der Waals surface area (Å²) in [5.74, 6) is 0.899. The maximum Gasteiger partial charge on any atom is 0.119 e. The average molecular weight is 220 g/mol. The lowest BCUT2D eigenvalue weighted by Gasteiger charge is -2.18. The fourth-order valence-corrected chi connectivity index (χ4v) is 2.18. The number of benzene rings is 1. The minimum absolute atomic E-state index is 0.254. The topological polar surface area (TPSA) is 33.3 Å². The number of rotatable bonds is 3. The molecule has 3 nitrogen and oxygen atoms in total. The van der Waals surface area contributed by atoms with Crippen molar-refractivity contribution in [3.63, 3.8) is 0 Å². The highest BCUT2D eigenvalue weighted by atomic mass is 16.5. The molecular formula is C13H20N2O. The Morgan fingerprint density at radius 2 is 2.00 bits per heavy atom. The molecule has 0 aliphatic carbocycles. The fourth-order valence-electron chi connectivity index (χ4n) is 2.18. The standard InChI is InChI=1S/C13H20N2O/c1-13(2)8-11(9-14-13)15-10-4-6-12(16-3)7-5-10/h4-7,11,14-15H,8-9H2,1-3H3. The molecule has 0 saturated carbocycles. The smallest absolute Gasteiger partial charge is 0.119 e. The van der Waals surface area contributed by atoms with Crippen LogP contribution in [0.15, 0.2) is 24.3 Å². The van der Waals surface area contributed by atoms with Crippen LogP contribution in [0.25, 0.3) is 0 Å². The molecule has 1 fully saturated rings. The molecule has 1 aliphatic heterocycles. The van der Waals surface area contributed by atoms with Gasteiger partial charge in [0.15, 0.2) is 0 Å². The van der Waals surface area contributed by atoms with Crippen LogP contribution in [0.1, 0.15) is 20.3 Å². The average Bonchev–Trinajstić information content (AvgIpc) is 2.59. The van der Waals surface area contributed by atoms with Gasteiger partial charge in [-0.05, 0) is 44.5 Å². The summed E-state index contributed by atoms with van der Waals surface area (Å²) >= 11 is 0. The van der Waals surface area contributed by atoms with Gasteiger partial charge in [0.2, 0.25) is 0 Å². The quantitative estimate of drug-likeness (QED) is 0.819. The molecule has 1 aromatic rings. The zero-order chi connectivity index (χ0) is 11.6. The van der Waals surface area contributed by atoms with Crippen molar-refractivity contribution in [2.75, 3.05) is 19.0 Å². The predicted octanol–water partition coefficient (Wildman–Crippen LogP) is 2.25. The third-order valence-corrected chi connectivity index (χ3v) is 3.04. The molecule has 0 amide bonds. The number of methoxy groups -OCH3 is 1. The molecule has 1 aromatic carbocycles. The first-order valence-corrected chi connectivity index (χ1v) is 5.75. The lowest BCUT2D eigenvalue weighted by atomic mass is 10.0. The van der Waals surface area contributed by atoms with Gasteiger partial charge in [-0.25, -0.2) is 0 Å². The minimum atomic E-state index is 0.254. The number of hydrogen-bond acceptors (Lipinski definition) is 3. The lowest BCUT2D eigenvalue weighted by molar-refractivity contribution is 0.415. The molecule has 0 aromatic heterocycles. The van der Waals surface area contributed by atoms with Crippen LogP contribution in [-0.2, 0) is 0 Å². The van der Waals surface area contributed by atoms with Gasteiger partial charge >= 0.3 is 0 Å². The first kappa shape index (κ1) is 11.3. The maximum atomic E-state index is 5.13. The molecule has 88 valence electrons. The third-order valence-electron chi connectivity index (χ3n) is 3.04. The van der Waals surface area contributed by atoms with Gasteiger partial charge in [0.1, 0.15) is 5.75 Å².